The van der Waals surface area contributed by atoms with E-state index in [9.17, 15) is 9.59 Å². The van der Waals surface area contributed by atoms with Crippen molar-refractivity contribution in [3.63, 3.8) is 0 Å². The van der Waals surface area contributed by atoms with Crippen LogP contribution in [0.1, 0.15) is 39.2 Å². The highest BCUT2D eigenvalue weighted by atomic mass is 16.6. The normalized spacial score (nSPS) is 20.5. The first-order valence-electron chi connectivity index (χ1n) is 8.84. The summed E-state index contributed by atoms with van der Waals surface area (Å²) in [5.74, 6) is 0.803. The zero-order chi connectivity index (χ0) is 18.0. The second-order valence-corrected chi connectivity index (χ2v) is 7.55. The number of rotatable bonds is 1. The Bertz CT molecular complexity index is 653. The third kappa shape index (κ3) is 4.06. The molecule has 0 aliphatic carbocycles. The third-order valence-electron chi connectivity index (χ3n) is 4.43. The van der Waals surface area contributed by atoms with E-state index in [1.807, 2.05) is 45.0 Å². The van der Waals surface area contributed by atoms with Crippen molar-refractivity contribution in [2.45, 2.75) is 51.8 Å². The first-order chi connectivity index (χ1) is 11.8. The Hall–Kier alpha value is -2.24. The van der Waals surface area contributed by atoms with E-state index < -0.39 is 17.7 Å². The topological polar surface area (TPSA) is 59.1 Å². The maximum atomic E-state index is 13.1. The molecule has 0 saturated carbocycles. The predicted molar refractivity (Wildman–Crippen MR) is 93.3 cm³/mol. The molecule has 0 bridgehead atoms. The number of amides is 2. The summed E-state index contributed by atoms with van der Waals surface area (Å²) in [4.78, 5) is 28.9. The van der Waals surface area contributed by atoms with Gasteiger partial charge in [0.25, 0.3) is 0 Å². The fourth-order valence-corrected chi connectivity index (χ4v) is 3.29. The van der Waals surface area contributed by atoms with E-state index in [0.29, 0.717) is 32.7 Å². The van der Waals surface area contributed by atoms with Crippen molar-refractivity contribution in [1.82, 2.24) is 9.80 Å². The van der Waals surface area contributed by atoms with Gasteiger partial charge in [-0.3, -0.25) is 9.69 Å². The van der Waals surface area contributed by atoms with Gasteiger partial charge in [0, 0.05) is 18.7 Å². The molecule has 1 unspecified atom stereocenters. The van der Waals surface area contributed by atoms with Gasteiger partial charge in [0.15, 0.2) is 0 Å². The van der Waals surface area contributed by atoms with Crippen LogP contribution in [0.25, 0.3) is 0 Å². The van der Waals surface area contributed by atoms with Crippen molar-refractivity contribution in [2.24, 2.45) is 0 Å². The number of carbonyl (C=O) groups excluding carboxylic acids is 2. The average molecular weight is 346 g/mol. The molecule has 136 valence electrons. The molecule has 1 aromatic carbocycles. The van der Waals surface area contributed by atoms with Gasteiger partial charge >= 0.3 is 6.09 Å². The van der Waals surface area contributed by atoms with Gasteiger partial charge in [0.1, 0.15) is 24.0 Å². The second-order valence-electron chi connectivity index (χ2n) is 7.55. The number of ether oxygens (including phenoxy) is 2. The van der Waals surface area contributed by atoms with Crippen LogP contribution in [0.15, 0.2) is 24.3 Å². The zero-order valence-corrected chi connectivity index (χ0v) is 15.2. The van der Waals surface area contributed by atoms with Crippen molar-refractivity contribution < 1.29 is 19.1 Å². The van der Waals surface area contributed by atoms with Gasteiger partial charge in [-0.05, 0) is 39.7 Å². The summed E-state index contributed by atoms with van der Waals surface area (Å²) in [6.45, 7) is 7.55. The van der Waals surface area contributed by atoms with Crippen LogP contribution in [0.4, 0.5) is 4.79 Å². The fourth-order valence-electron chi connectivity index (χ4n) is 3.29. The molecule has 1 atom stereocenters. The third-order valence-corrected chi connectivity index (χ3v) is 4.43. The highest BCUT2D eigenvalue weighted by Gasteiger charge is 2.39. The summed E-state index contributed by atoms with van der Waals surface area (Å²) in [6, 6.07) is 7.32. The molecule has 2 aliphatic heterocycles. The molecule has 0 spiro atoms. The first kappa shape index (κ1) is 17.6. The van der Waals surface area contributed by atoms with E-state index in [-0.39, 0.29) is 5.91 Å². The van der Waals surface area contributed by atoms with Gasteiger partial charge in [-0.2, -0.15) is 0 Å². The minimum atomic E-state index is -0.567. The summed E-state index contributed by atoms with van der Waals surface area (Å²) in [7, 11) is 0. The van der Waals surface area contributed by atoms with Crippen molar-refractivity contribution >= 4 is 12.0 Å². The van der Waals surface area contributed by atoms with Crippen LogP contribution in [0.2, 0.25) is 0 Å². The molecule has 2 heterocycles. The number of likely N-dealkylation sites (tertiary alicyclic amines) is 1. The standard InChI is InChI=1S/C19H26N2O4/c1-19(2,3)25-18(23)21-10-6-8-15(21)17(22)20-11-12-24-16-9-5-4-7-14(16)13-20/h4-5,7,9,15H,6,8,10-13H2,1-3H3. The Morgan fingerprint density at radius 3 is 2.72 bits per heavy atom. The monoisotopic (exact) mass is 346 g/mol. The Morgan fingerprint density at radius 2 is 1.96 bits per heavy atom. The number of benzene rings is 1. The lowest BCUT2D eigenvalue weighted by Crippen LogP contribution is -2.49. The van der Waals surface area contributed by atoms with Gasteiger partial charge in [0.05, 0.1) is 6.54 Å². The molecule has 0 aromatic heterocycles. The number of hydrogen-bond donors (Lipinski definition) is 0. The summed E-state index contributed by atoms with van der Waals surface area (Å²) < 4.78 is 11.2. The smallest absolute Gasteiger partial charge is 0.410 e. The van der Waals surface area contributed by atoms with E-state index in [0.717, 1.165) is 17.7 Å². The van der Waals surface area contributed by atoms with Crippen LogP contribution in [0, 0.1) is 0 Å². The number of hydrogen-bond acceptors (Lipinski definition) is 4. The molecule has 1 fully saturated rings. The molecular weight excluding hydrogens is 320 g/mol. The lowest BCUT2D eigenvalue weighted by Gasteiger charge is -2.31. The van der Waals surface area contributed by atoms with Crippen LogP contribution >= 0.6 is 0 Å². The summed E-state index contributed by atoms with van der Waals surface area (Å²) in [6.07, 6.45) is 1.09. The van der Waals surface area contributed by atoms with Crippen LogP contribution < -0.4 is 4.74 Å². The quantitative estimate of drug-likeness (QED) is 0.784. The summed E-state index contributed by atoms with van der Waals surface area (Å²) in [5.41, 5.74) is 0.429. The van der Waals surface area contributed by atoms with E-state index in [2.05, 4.69) is 0 Å². The lowest BCUT2D eigenvalue weighted by atomic mass is 10.1. The zero-order valence-electron chi connectivity index (χ0n) is 15.2. The Kier molecular flexibility index (Phi) is 4.88. The summed E-state index contributed by atoms with van der Waals surface area (Å²) >= 11 is 0. The Balaban J connectivity index is 1.72. The number of nitrogens with zero attached hydrogens (tertiary/aromatic N) is 2. The minimum Gasteiger partial charge on any atom is -0.491 e. The molecule has 0 radical (unpaired) electrons. The van der Waals surface area contributed by atoms with Crippen LogP contribution in [-0.4, -0.2) is 53.1 Å². The molecule has 1 saturated heterocycles. The van der Waals surface area contributed by atoms with Gasteiger partial charge < -0.3 is 14.4 Å². The maximum absolute atomic E-state index is 13.1. The number of fused-ring (bicyclic) bond motifs is 1. The number of para-hydroxylation sites is 1. The first-order valence-corrected chi connectivity index (χ1v) is 8.84. The van der Waals surface area contributed by atoms with Crippen LogP contribution in [0.3, 0.4) is 0 Å². The van der Waals surface area contributed by atoms with Gasteiger partial charge in [0.2, 0.25) is 5.91 Å². The highest BCUT2D eigenvalue weighted by Crippen LogP contribution is 2.26. The molecule has 6 heteroatoms. The van der Waals surface area contributed by atoms with Crippen molar-refractivity contribution in [3.05, 3.63) is 29.8 Å². The molecule has 6 nitrogen and oxygen atoms in total. The molecular formula is C19H26N2O4. The molecule has 25 heavy (non-hydrogen) atoms. The predicted octanol–water partition coefficient (Wildman–Crippen LogP) is 2.81. The van der Waals surface area contributed by atoms with Crippen molar-refractivity contribution in [2.75, 3.05) is 19.7 Å². The minimum absolute atomic E-state index is 0.0244. The molecule has 0 N–H and O–H groups in total. The second kappa shape index (κ2) is 6.94. The van der Waals surface area contributed by atoms with Gasteiger partial charge in [-0.25, -0.2) is 4.79 Å². The van der Waals surface area contributed by atoms with Crippen LogP contribution in [-0.2, 0) is 16.1 Å². The largest absolute Gasteiger partial charge is 0.491 e. The molecule has 2 aliphatic rings. The van der Waals surface area contributed by atoms with Crippen molar-refractivity contribution in [1.29, 1.82) is 0 Å². The fraction of sp³-hybridized carbons (Fsp3) is 0.579. The SMILES string of the molecule is CC(C)(C)OC(=O)N1CCCC1C(=O)N1CCOc2ccccc2C1. The molecule has 2 amide bonds. The molecule has 1 aromatic rings. The molecule has 3 rings (SSSR count). The van der Waals surface area contributed by atoms with E-state index in [4.69, 9.17) is 9.47 Å². The Morgan fingerprint density at radius 1 is 1.20 bits per heavy atom. The van der Waals surface area contributed by atoms with E-state index in [1.54, 1.807) is 9.80 Å². The van der Waals surface area contributed by atoms with E-state index >= 15 is 0 Å². The van der Waals surface area contributed by atoms with Gasteiger partial charge in [-0.15, -0.1) is 0 Å². The van der Waals surface area contributed by atoms with Gasteiger partial charge in [-0.1, -0.05) is 18.2 Å². The lowest BCUT2D eigenvalue weighted by molar-refractivity contribution is -0.136. The highest BCUT2D eigenvalue weighted by molar-refractivity contribution is 5.86. The Labute approximate surface area is 148 Å². The average Bonchev–Trinajstić information content (AvgIpc) is 2.93. The van der Waals surface area contributed by atoms with Crippen LogP contribution in [0.5, 0.6) is 5.75 Å². The maximum Gasteiger partial charge on any atom is 0.410 e. The van der Waals surface area contributed by atoms with Crippen molar-refractivity contribution in [3.8, 4) is 5.75 Å². The van der Waals surface area contributed by atoms with E-state index in [1.165, 1.54) is 0 Å². The summed E-state index contributed by atoms with van der Waals surface area (Å²) in [5, 5.41) is 0. The number of carbonyl (C=O) groups is 2.